The molecule has 0 spiro atoms. The van der Waals surface area contributed by atoms with Crippen molar-refractivity contribution in [1.82, 2.24) is 20.2 Å². The molecule has 0 bridgehead atoms. The van der Waals surface area contributed by atoms with Crippen LogP contribution < -0.4 is 15.5 Å². The van der Waals surface area contributed by atoms with Crippen LogP contribution in [0, 0.1) is 5.92 Å². The van der Waals surface area contributed by atoms with E-state index < -0.39 is 12.0 Å². The van der Waals surface area contributed by atoms with E-state index in [1.165, 1.54) is 5.56 Å². The van der Waals surface area contributed by atoms with E-state index in [0.717, 1.165) is 62.8 Å². The first-order valence-corrected chi connectivity index (χ1v) is 13.3. The third-order valence-corrected chi connectivity index (χ3v) is 7.47. The Morgan fingerprint density at radius 2 is 2.11 bits per heavy atom. The van der Waals surface area contributed by atoms with Crippen molar-refractivity contribution >= 4 is 23.5 Å². The second kappa shape index (κ2) is 11.9. The number of aliphatic carboxylic acids is 1. The number of aryl methyl sites for hydroxylation is 1. The van der Waals surface area contributed by atoms with E-state index in [0.29, 0.717) is 32.5 Å². The number of carbonyl (C=O) groups is 2. The number of ether oxygens (including phenoxy) is 1. The number of carboxylic acids is 1. The van der Waals surface area contributed by atoms with Crippen LogP contribution >= 0.6 is 0 Å². The molecule has 198 valence electrons. The molecular formula is C27H36N6O4. The highest BCUT2D eigenvalue weighted by Crippen LogP contribution is 2.23. The Labute approximate surface area is 217 Å². The summed E-state index contributed by atoms with van der Waals surface area (Å²) in [5, 5.41) is 15.8. The Morgan fingerprint density at radius 3 is 2.92 bits per heavy atom. The van der Waals surface area contributed by atoms with Crippen LogP contribution in [0.2, 0.25) is 0 Å². The molecule has 5 heterocycles. The van der Waals surface area contributed by atoms with Crippen molar-refractivity contribution in [3.8, 4) is 0 Å². The maximum atomic E-state index is 12.8. The summed E-state index contributed by atoms with van der Waals surface area (Å²) >= 11 is 0. The Morgan fingerprint density at radius 1 is 1.22 bits per heavy atom. The van der Waals surface area contributed by atoms with E-state index in [1.54, 1.807) is 6.20 Å². The van der Waals surface area contributed by atoms with Gasteiger partial charge in [-0.3, -0.25) is 9.69 Å². The maximum absolute atomic E-state index is 12.8. The van der Waals surface area contributed by atoms with Crippen molar-refractivity contribution in [2.75, 3.05) is 56.1 Å². The van der Waals surface area contributed by atoms with E-state index in [4.69, 9.17) is 9.72 Å². The van der Waals surface area contributed by atoms with E-state index in [2.05, 4.69) is 37.6 Å². The summed E-state index contributed by atoms with van der Waals surface area (Å²) in [5.41, 5.74) is 2.32. The van der Waals surface area contributed by atoms with Crippen LogP contribution in [0.15, 0.2) is 36.5 Å². The van der Waals surface area contributed by atoms with Crippen molar-refractivity contribution < 1.29 is 19.4 Å². The molecule has 0 aromatic carbocycles. The molecule has 2 aromatic heterocycles. The van der Waals surface area contributed by atoms with Gasteiger partial charge in [-0.05, 0) is 49.4 Å². The van der Waals surface area contributed by atoms with Gasteiger partial charge in [-0.1, -0.05) is 12.1 Å². The van der Waals surface area contributed by atoms with Gasteiger partial charge in [0.05, 0.1) is 18.6 Å². The number of nitrogens with zero attached hydrogens (tertiary/aromatic N) is 4. The first-order valence-electron chi connectivity index (χ1n) is 13.3. The minimum Gasteiger partial charge on any atom is -0.480 e. The number of rotatable bonds is 11. The lowest BCUT2D eigenvalue weighted by molar-refractivity contribution is -0.143. The molecule has 3 aliphatic rings. The Balaban J connectivity index is 0.989. The van der Waals surface area contributed by atoms with Gasteiger partial charge in [0.2, 0.25) is 5.91 Å². The number of hydrogen-bond acceptors (Lipinski definition) is 8. The second-order valence-corrected chi connectivity index (χ2v) is 10.2. The highest BCUT2D eigenvalue weighted by Gasteiger charge is 2.33. The molecule has 0 radical (unpaired) electrons. The average Bonchev–Trinajstić information content (AvgIpc) is 3.39. The summed E-state index contributed by atoms with van der Waals surface area (Å²) in [5.74, 6) is 0.441. The standard InChI is InChI=1S/C27H36N6O4/c34-26(20-8-14-33(16-20)24-5-1-2-11-28-24)31-23(27(35)36)9-13-32-17-22(18-32)37-15-10-21-7-6-19-4-3-12-29-25(19)30-21/h1-2,5-7,11,20,22-23H,3-4,8-10,12-18H2,(H,29,30)(H,31,34)(H,35,36). The quantitative estimate of drug-likeness (QED) is 0.415. The van der Waals surface area contributed by atoms with Crippen LogP contribution in [-0.2, 0) is 27.2 Å². The van der Waals surface area contributed by atoms with Gasteiger partial charge in [0.25, 0.3) is 0 Å². The Hall–Kier alpha value is -3.24. The Kier molecular flexibility index (Phi) is 8.15. The minimum absolute atomic E-state index is 0.157. The number of carbonyl (C=O) groups excluding carboxylic acids is 1. The normalized spacial score (nSPS) is 20.5. The van der Waals surface area contributed by atoms with Crippen molar-refractivity contribution in [3.63, 3.8) is 0 Å². The zero-order valence-electron chi connectivity index (χ0n) is 21.1. The molecule has 3 aliphatic heterocycles. The molecular weight excluding hydrogens is 472 g/mol. The number of amides is 1. The van der Waals surface area contributed by atoms with E-state index in [1.807, 2.05) is 18.2 Å². The molecule has 2 unspecified atom stereocenters. The minimum atomic E-state index is -0.992. The fraction of sp³-hybridized carbons (Fsp3) is 0.556. The van der Waals surface area contributed by atoms with Crippen molar-refractivity contribution in [2.45, 2.75) is 44.2 Å². The number of likely N-dealkylation sites (tertiary alicyclic amines) is 1. The largest absolute Gasteiger partial charge is 0.480 e. The summed E-state index contributed by atoms with van der Waals surface area (Å²) in [6, 6.07) is 9.07. The van der Waals surface area contributed by atoms with Crippen LogP contribution in [0.3, 0.4) is 0 Å². The molecule has 1 amide bonds. The topological polar surface area (TPSA) is 120 Å². The van der Waals surface area contributed by atoms with Gasteiger partial charge in [-0.25, -0.2) is 14.8 Å². The first-order chi connectivity index (χ1) is 18.0. The molecule has 2 saturated heterocycles. The molecule has 10 heteroatoms. The number of aromatic nitrogens is 2. The summed E-state index contributed by atoms with van der Waals surface area (Å²) in [7, 11) is 0. The number of pyridine rings is 2. The number of carboxylic acid groups (broad SMARTS) is 1. The predicted octanol–water partition coefficient (Wildman–Crippen LogP) is 1.56. The van der Waals surface area contributed by atoms with Gasteiger partial charge in [-0.2, -0.15) is 0 Å². The SMILES string of the molecule is O=C(NC(CCN1CC(OCCc2ccc3c(n2)NCCC3)C1)C(=O)O)C1CCN(c2ccccn2)C1. The molecule has 37 heavy (non-hydrogen) atoms. The molecule has 10 nitrogen and oxygen atoms in total. The molecule has 2 aromatic rings. The lowest BCUT2D eigenvalue weighted by Gasteiger charge is -2.39. The van der Waals surface area contributed by atoms with Gasteiger partial charge in [-0.15, -0.1) is 0 Å². The lowest BCUT2D eigenvalue weighted by atomic mass is 10.1. The molecule has 2 fully saturated rings. The molecule has 0 aliphatic carbocycles. The lowest BCUT2D eigenvalue weighted by Crippen LogP contribution is -2.54. The molecule has 2 atom stereocenters. The number of hydrogen-bond donors (Lipinski definition) is 3. The predicted molar refractivity (Wildman–Crippen MR) is 140 cm³/mol. The highest BCUT2D eigenvalue weighted by molar-refractivity contribution is 5.85. The van der Waals surface area contributed by atoms with Gasteiger partial charge < -0.3 is 25.4 Å². The first kappa shape index (κ1) is 25.4. The van der Waals surface area contributed by atoms with Crippen molar-refractivity contribution in [2.24, 2.45) is 5.92 Å². The van der Waals surface area contributed by atoms with Crippen LogP contribution in [0.1, 0.15) is 30.5 Å². The van der Waals surface area contributed by atoms with Crippen molar-refractivity contribution in [3.05, 3.63) is 47.8 Å². The smallest absolute Gasteiger partial charge is 0.326 e. The second-order valence-electron chi connectivity index (χ2n) is 10.2. The van der Waals surface area contributed by atoms with Crippen LogP contribution in [0.5, 0.6) is 0 Å². The van der Waals surface area contributed by atoms with E-state index in [9.17, 15) is 14.7 Å². The van der Waals surface area contributed by atoms with Crippen LogP contribution in [0.4, 0.5) is 11.6 Å². The zero-order chi connectivity index (χ0) is 25.6. The maximum Gasteiger partial charge on any atom is 0.326 e. The number of anilines is 2. The summed E-state index contributed by atoms with van der Waals surface area (Å²) in [6.45, 7) is 5.06. The van der Waals surface area contributed by atoms with Crippen LogP contribution in [-0.4, -0.2) is 89.9 Å². The summed E-state index contributed by atoms with van der Waals surface area (Å²) in [4.78, 5) is 37.9. The summed E-state index contributed by atoms with van der Waals surface area (Å²) in [6.07, 6.45) is 5.97. The van der Waals surface area contributed by atoms with Gasteiger partial charge >= 0.3 is 5.97 Å². The number of nitrogens with one attached hydrogen (secondary N) is 2. The van der Waals surface area contributed by atoms with Crippen molar-refractivity contribution in [1.29, 1.82) is 0 Å². The van der Waals surface area contributed by atoms with Crippen LogP contribution in [0.25, 0.3) is 0 Å². The molecule has 0 saturated carbocycles. The Bertz CT molecular complexity index is 1080. The highest BCUT2D eigenvalue weighted by atomic mass is 16.5. The third-order valence-electron chi connectivity index (χ3n) is 7.47. The van der Waals surface area contributed by atoms with Gasteiger partial charge in [0, 0.05) is 57.6 Å². The monoisotopic (exact) mass is 508 g/mol. The van der Waals surface area contributed by atoms with E-state index in [-0.39, 0.29) is 17.9 Å². The average molecular weight is 509 g/mol. The molecule has 3 N–H and O–H groups in total. The number of fused-ring (bicyclic) bond motifs is 1. The zero-order valence-corrected chi connectivity index (χ0v) is 21.1. The fourth-order valence-electron chi connectivity index (χ4n) is 5.23. The van der Waals surface area contributed by atoms with Gasteiger partial charge in [0.15, 0.2) is 0 Å². The summed E-state index contributed by atoms with van der Waals surface area (Å²) < 4.78 is 5.99. The van der Waals surface area contributed by atoms with Gasteiger partial charge in [0.1, 0.15) is 17.7 Å². The van der Waals surface area contributed by atoms with E-state index >= 15 is 0 Å². The molecule has 5 rings (SSSR count). The third kappa shape index (κ3) is 6.56. The fourth-order valence-corrected chi connectivity index (χ4v) is 5.23.